The summed E-state index contributed by atoms with van der Waals surface area (Å²) in [7, 11) is 0. The monoisotopic (exact) mass is 446 g/mol. The third kappa shape index (κ3) is 5.60. The molecule has 1 saturated carbocycles. The molecule has 0 spiro atoms. The zero-order valence-corrected chi connectivity index (χ0v) is 18.1. The molecule has 1 atom stereocenters. The Labute approximate surface area is 186 Å². The lowest BCUT2D eigenvalue weighted by molar-refractivity contribution is -0.141. The topological polar surface area (TPSA) is 72.2 Å². The van der Waals surface area contributed by atoms with Crippen LogP contribution in [0.15, 0.2) is 47.1 Å². The highest BCUT2D eigenvalue weighted by Gasteiger charge is 2.33. The molecule has 0 radical (unpaired) electrons. The summed E-state index contributed by atoms with van der Waals surface area (Å²) in [4.78, 5) is 29.3. The molecule has 2 fully saturated rings. The number of carbonyl (C=O) groups excluding carboxylic acids is 2. The number of amides is 2. The number of furan rings is 1. The molecule has 1 unspecified atom stereocenters. The molecule has 166 valence electrons. The first-order chi connectivity index (χ1) is 15.1. The first kappa shape index (κ1) is 21.7. The Hall–Kier alpha value is -2.51. The van der Waals surface area contributed by atoms with E-state index in [0.717, 1.165) is 25.7 Å². The van der Waals surface area contributed by atoms with E-state index in [1.54, 1.807) is 41.3 Å². The van der Waals surface area contributed by atoms with Gasteiger partial charge in [0.1, 0.15) is 5.75 Å². The van der Waals surface area contributed by atoms with Gasteiger partial charge >= 0.3 is 0 Å². The van der Waals surface area contributed by atoms with Gasteiger partial charge in [0.25, 0.3) is 11.8 Å². The maximum atomic E-state index is 13.0. The lowest BCUT2D eigenvalue weighted by Gasteiger charge is -2.37. The van der Waals surface area contributed by atoms with E-state index in [0.29, 0.717) is 42.8 Å². The maximum Gasteiger partial charge on any atom is 0.289 e. The van der Waals surface area contributed by atoms with Gasteiger partial charge in [-0.15, -0.1) is 0 Å². The first-order valence-corrected chi connectivity index (χ1v) is 11.1. The predicted molar refractivity (Wildman–Crippen MR) is 115 cm³/mol. The Balaban J connectivity index is 1.35. The summed E-state index contributed by atoms with van der Waals surface area (Å²) in [6.45, 7) is 1.76. The summed E-state index contributed by atoms with van der Waals surface area (Å²) in [5.41, 5.74) is 0. The van der Waals surface area contributed by atoms with Gasteiger partial charge in [0, 0.05) is 30.7 Å². The number of hydrogen-bond acceptors (Lipinski definition) is 5. The number of nitrogens with zero attached hydrogens (tertiary/aromatic N) is 2. The molecule has 7 nitrogen and oxygen atoms in total. The van der Waals surface area contributed by atoms with Crippen molar-refractivity contribution < 1.29 is 23.5 Å². The Bertz CT molecular complexity index is 865. The molecular formula is C23H27ClN2O5. The lowest BCUT2D eigenvalue weighted by Crippen LogP contribution is -2.53. The average molecular weight is 447 g/mol. The van der Waals surface area contributed by atoms with E-state index < -0.39 is 0 Å². The van der Waals surface area contributed by atoms with Gasteiger partial charge < -0.3 is 23.7 Å². The normalized spacial score (nSPS) is 19.4. The van der Waals surface area contributed by atoms with Gasteiger partial charge in [0.05, 0.1) is 19.0 Å². The van der Waals surface area contributed by atoms with E-state index in [4.69, 9.17) is 25.5 Å². The van der Waals surface area contributed by atoms with Crippen molar-refractivity contribution in [2.75, 3.05) is 32.8 Å². The molecule has 8 heteroatoms. The molecule has 31 heavy (non-hydrogen) atoms. The Morgan fingerprint density at radius 1 is 1.16 bits per heavy atom. The van der Waals surface area contributed by atoms with Crippen molar-refractivity contribution in [1.29, 1.82) is 0 Å². The van der Waals surface area contributed by atoms with Crippen LogP contribution in [-0.4, -0.2) is 66.6 Å². The molecule has 0 N–H and O–H groups in total. The van der Waals surface area contributed by atoms with Crippen molar-refractivity contribution in [2.24, 2.45) is 0 Å². The van der Waals surface area contributed by atoms with Crippen molar-refractivity contribution in [3.05, 3.63) is 53.4 Å². The van der Waals surface area contributed by atoms with E-state index in [-0.39, 0.29) is 30.6 Å². The Morgan fingerprint density at radius 2 is 1.94 bits per heavy atom. The van der Waals surface area contributed by atoms with E-state index in [1.807, 2.05) is 4.90 Å². The van der Waals surface area contributed by atoms with Crippen LogP contribution in [-0.2, 0) is 9.53 Å². The molecule has 1 aromatic heterocycles. The van der Waals surface area contributed by atoms with Gasteiger partial charge in [-0.1, -0.05) is 24.4 Å². The molecule has 2 heterocycles. The summed E-state index contributed by atoms with van der Waals surface area (Å²) in [5, 5.41) is 0.616. The van der Waals surface area contributed by atoms with Crippen LogP contribution < -0.4 is 4.74 Å². The summed E-state index contributed by atoms with van der Waals surface area (Å²) in [6.07, 6.45) is 5.47. The van der Waals surface area contributed by atoms with Crippen molar-refractivity contribution in [2.45, 2.75) is 37.8 Å². The van der Waals surface area contributed by atoms with Gasteiger partial charge in [0.15, 0.2) is 12.4 Å². The van der Waals surface area contributed by atoms with Crippen molar-refractivity contribution in [3.8, 4) is 5.75 Å². The van der Waals surface area contributed by atoms with E-state index in [9.17, 15) is 9.59 Å². The number of halogens is 1. The molecule has 1 aliphatic heterocycles. The zero-order chi connectivity index (χ0) is 21.6. The Kier molecular flexibility index (Phi) is 7.14. The maximum absolute atomic E-state index is 13.0. The van der Waals surface area contributed by atoms with Gasteiger partial charge in [0.2, 0.25) is 0 Å². The van der Waals surface area contributed by atoms with Crippen LogP contribution in [0.3, 0.4) is 0 Å². The number of hydrogen-bond donors (Lipinski definition) is 0. The van der Waals surface area contributed by atoms with Crippen molar-refractivity contribution in [3.63, 3.8) is 0 Å². The first-order valence-electron chi connectivity index (χ1n) is 10.7. The Morgan fingerprint density at radius 3 is 2.65 bits per heavy atom. The third-order valence-electron chi connectivity index (χ3n) is 5.83. The van der Waals surface area contributed by atoms with Crippen LogP contribution in [0.4, 0.5) is 0 Å². The third-order valence-corrected chi connectivity index (χ3v) is 6.08. The standard InChI is InChI=1S/C23H27ClN2O5/c24-17-7-9-19(10-8-17)31-16-22(27)25-11-13-29-20(14-25)15-26(18-4-1-2-5-18)23(28)21-6-3-12-30-21/h3,6-10,12,18,20H,1-2,4-5,11,13-16H2. The number of morpholine rings is 1. The minimum Gasteiger partial charge on any atom is -0.484 e. The molecule has 4 rings (SSSR count). The molecular weight excluding hydrogens is 420 g/mol. The summed E-state index contributed by atoms with van der Waals surface area (Å²) < 4.78 is 16.9. The number of ether oxygens (including phenoxy) is 2. The highest BCUT2D eigenvalue weighted by molar-refractivity contribution is 6.30. The van der Waals surface area contributed by atoms with Crippen molar-refractivity contribution >= 4 is 23.4 Å². The molecule has 2 amide bonds. The van der Waals surface area contributed by atoms with Gasteiger partial charge in [-0.25, -0.2) is 0 Å². The highest BCUT2D eigenvalue weighted by atomic mass is 35.5. The quantitative estimate of drug-likeness (QED) is 0.649. The summed E-state index contributed by atoms with van der Waals surface area (Å²) >= 11 is 5.88. The smallest absolute Gasteiger partial charge is 0.289 e. The number of carbonyl (C=O) groups is 2. The minimum atomic E-state index is -0.243. The average Bonchev–Trinajstić information content (AvgIpc) is 3.51. The molecule has 1 aromatic carbocycles. The second-order valence-corrected chi connectivity index (χ2v) is 8.38. The van der Waals surface area contributed by atoms with Crippen LogP contribution in [0.5, 0.6) is 5.75 Å². The van der Waals surface area contributed by atoms with E-state index in [1.165, 1.54) is 6.26 Å². The highest BCUT2D eigenvalue weighted by Crippen LogP contribution is 2.26. The van der Waals surface area contributed by atoms with Crippen LogP contribution in [0.1, 0.15) is 36.2 Å². The fourth-order valence-corrected chi connectivity index (χ4v) is 4.32. The minimum absolute atomic E-state index is 0.0496. The molecule has 1 saturated heterocycles. The number of rotatable bonds is 7. The molecule has 1 aliphatic carbocycles. The molecule has 2 aliphatic rings. The van der Waals surface area contributed by atoms with Crippen LogP contribution in [0.2, 0.25) is 5.02 Å². The second kappa shape index (κ2) is 10.2. The van der Waals surface area contributed by atoms with Crippen LogP contribution >= 0.6 is 11.6 Å². The molecule has 0 bridgehead atoms. The number of benzene rings is 1. The van der Waals surface area contributed by atoms with Crippen molar-refractivity contribution in [1.82, 2.24) is 9.80 Å². The largest absolute Gasteiger partial charge is 0.484 e. The fourth-order valence-electron chi connectivity index (χ4n) is 4.20. The predicted octanol–water partition coefficient (Wildman–Crippen LogP) is 3.62. The second-order valence-electron chi connectivity index (χ2n) is 7.95. The summed E-state index contributed by atoms with van der Waals surface area (Å²) in [5.74, 6) is 0.717. The lowest BCUT2D eigenvalue weighted by atomic mass is 10.1. The molecule has 2 aromatic rings. The van der Waals surface area contributed by atoms with E-state index >= 15 is 0 Å². The summed E-state index contributed by atoms with van der Waals surface area (Å²) in [6, 6.07) is 10.5. The van der Waals surface area contributed by atoms with Crippen LogP contribution in [0.25, 0.3) is 0 Å². The van der Waals surface area contributed by atoms with Crippen LogP contribution in [0, 0.1) is 0 Å². The van der Waals surface area contributed by atoms with Gasteiger partial charge in [-0.3, -0.25) is 9.59 Å². The fraction of sp³-hybridized carbons (Fsp3) is 0.478. The van der Waals surface area contributed by atoms with E-state index in [2.05, 4.69) is 0 Å². The zero-order valence-electron chi connectivity index (χ0n) is 17.4. The van der Waals surface area contributed by atoms with Gasteiger partial charge in [-0.05, 0) is 49.2 Å². The SMILES string of the molecule is O=C(COc1ccc(Cl)cc1)N1CCOC(CN(C(=O)c2ccco2)C2CCCC2)C1. The van der Waals surface area contributed by atoms with Gasteiger partial charge in [-0.2, -0.15) is 0 Å².